The Kier molecular flexibility index (Phi) is 8.64. The molecule has 0 aromatic heterocycles. The molecule has 1 saturated carbocycles. The maximum Gasteiger partial charge on any atom is 0.169 e. The summed E-state index contributed by atoms with van der Waals surface area (Å²) in [6, 6.07) is 38.5. The predicted octanol–water partition coefficient (Wildman–Crippen LogP) is 7.41. The van der Waals surface area contributed by atoms with Gasteiger partial charge in [0.1, 0.15) is 11.4 Å². The fourth-order valence-electron chi connectivity index (χ4n) is 6.86. The summed E-state index contributed by atoms with van der Waals surface area (Å²) in [6.07, 6.45) is -0.301. The molecule has 228 valence electrons. The number of carbonyl (C=O) groups is 4. The summed E-state index contributed by atoms with van der Waals surface area (Å²) in [5.74, 6) is -8.10. The number of Topliss-reactive ketones (excluding diaryl/α,β-unsaturated/α-hetero) is 4. The molecule has 1 fully saturated rings. The van der Waals surface area contributed by atoms with Crippen molar-refractivity contribution in [2.75, 3.05) is 0 Å². The smallest absolute Gasteiger partial charge is 0.169 e. The number of hydrogen-bond acceptors (Lipinski definition) is 5. The summed E-state index contributed by atoms with van der Waals surface area (Å²) in [6.45, 7) is 0. The maximum atomic E-state index is 14.8. The van der Waals surface area contributed by atoms with E-state index in [2.05, 4.69) is 0 Å². The van der Waals surface area contributed by atoms with Crippen molar-refractivity contribution in [3.8, 4) is 0 Å². The lowest BCUT2D eigenvalue weighted by Gasteiger charge is -2.50. The lowest BCUT2D eigenvalue weighted by atomic mass is 9.52. The Morgan fingerprint density at radius 1 is 0.500 bits per heavy atom. The zero-order valence-electron chi connectivity index (χ0n) is 24.8. The fraction of sp³-hybridized carbons (Fsp3) is 0.150. The van der Waals surface area contributed by atoms with E-state index in [0.29, 0.717) is 11.1 Å². The van der Waals surface area contributed by atoms with E-state index >= 15 is 0 Å². The second-order valence-corrected chi connectivity index (χ2v) is 11.7. The van der Waals surface area contributed by atoms with Gasteiger partial charge in [-0.15, -0.1) is 0 Å². The monoisotopic (exact) mass is 610 g/mol. The Bertz CT molecular complexity index is 1860. The fourth-order valence-corrected chi connectivity index (χ4v) is 6.86. The highest BCUT2D eigenvalue weighted by Gasteiger charge is 2.61. The van der Waals surface area contributed by atoms with Crippen LogP contribution in [0.2, 0.25) is 0 Å². The highest BCUT2D eigenvalue weighted by atomic mass is 19.1. The first-order valence-corrected chi connectivity index (χ1v) is 15.1. The molecule has 5 nitrogen and oxygen atoms in total. The Morgan fingerprint density at radius 2 is 0.891 bits per heavy atom. The van der Waals surface area contributed by atoms with Crippen molar-refractivity contribution in [3.63, 3.8) is 0 Å². The van der Waals surface area contributed by atoms with Crippen molar-refractivity contribution < 1.29 is 28.7 Å². The van der Waals surface area contributed by atoms with Gasteiger partial charge in [-0.25, -0.2) is 4.39 Å². The van der Waals surface area contributed by atoms with Crippen LogP contribution in [-0.4, -0.2) is 28.2 Å². The normalized spacial score (nSPS) is 22.5. The Balaban J connectivity index is 1.64. The van der Waals surface area contributed by atoms with E-state index in [1.54, 1.807) is 121 Å². The Hall–Kier alpha value is -5.33. The van der Waals surface area contributed by atoms with Crippen LogP contribution in [0.4, 0.5) is 4.39 Å². The average Bonchev–Trinajstić information content (AvgIpc) is 3.11. The molecule has 5 aromatic rings. The molecule has 5 aromatic carbocycles. The van der Waals surface area contributed by atoms with Crippen molar-refractivity contribution in [1.29, 1.82) is 0 Å². The molecular weight excluding hydrogens is 579 g/mol. The Morgan fingerprint density at radius 3 is 1.39 bits per heavy atom. The van der Waals surface area contributed by atoms with E-state index < -0.39 is 58.2 Å². The summed E-state index contributed by atoms with van der Waals surface area (Å²) in [4.78, 5) is 58.5. The molecule has 0 spiro atoms. The second kappa shape index (κ2) is 13.0. The van der Waals surface area contributed by atoms with Crippen LogP contribution in [0.15, 0.2) is 146 Å². The number of hydrogen-bond donors (Lipinski definition) is 1. The van der Waals surface area contributed by atoms with Crippen LogP contribution in [-0.2, 0) is 5.60 Å². The van der Waals surface area contributed by atoms with Gasteiger partial charge in [-0.2, -0.15) is 0 Å². The lowest BCUT2D eigenvalue weighted by molar-refractivity contribution is -0.0846. The SMILES string of the molecule is O=C(c1ccccc1)[C@H]1[C@H](C(=O)c2ccc(F)cc2)[C@H](C(=O)c2ccccc2)C[C@](O)(c2ccccc2)[C@@H]1C(=O)c1ccccc1. The van der Waals surface area contributed by atoms with E-state index in [1.165, 1.54) is 12.1 Å². The molecule has 5 atom stereocenters. The highest BCUT2D eigenvalue weighted by molar-refractivity contribution is 6.12. The van der Waals surface area contributed by atoms with Crippen molar-refractivity contribution in [2.45, 2.75) is 12.0 Å². The van der Waals surface area contributed by atoms with Crippen molar-refractivity contribution in [2.24, 2.45) is 23.7 Å². The molecule has 0 unspecified atom stereocenters. The Labute approximate surface area is 266 Å². The lowest BCUT2D eigenvalue weighted by Crippen LogP contribution is -2.58. The summed E-state index contributed by atoms with van der Waals surface area (Å²) in [5, 5.41) is 12.9. The third-order valence-electron chi connectivity index (χ3n) is 9.03. The van der Waals surface area contributed by atoms with Gasteiger partial charge in [0, 0.05) is 40.0 Å². The first-order chi connectivity index (χ1) is 22.3. The van der Waals surface area contributed by atoms with E-state index in [0.717, 1.165) is 12.1 Å². The topological polar surface area (TPSA) is 88.5 Å². The second-order valence-electron chi connectivity index (χ2n) is 11.7. The van der Waals surface area contributed by atoms with Gasteiger partial charge in [-0.05, 0) is 36.2 Å². The van der Waals surface area contributed by atoms with E-state index in [-0.39, 0.29) is 23.1 Å². The summed E-state index contributed by atoms with van der Waals surface area (Å²) >= 11 is 0. The average molecular weight is 611 g/mol. The van der Waals surface area contributed by atoms with Gasteiger partial charge >= 0.3 is 0 Å². The summed E-state index contributed by atoms with van der Waals surface area (Å²) in [7, 11) is 0. The van der Waals surface area contributed by atoms with Crippen LogP contribution >= 0.6 is 0 Å². The number of rotatable bonds is 9. The molecule has 0 amide bonds. The van der Waals surface area contributed by atoms with Crippen LogP contribution < -0.4 is 0 Å². The number of benzene rings is 5. The van der Waals surface area contributed by atoms with Gasteiger partial charge in [0.25, 0.3) is 0 Å². The molecule has 6 heteroatoms. The number of carbonyl (C=O) groups excluding carboxylic acids is 4. The van der Waals surface area contributed by atoms with Gasteiger partial charge in [0.2, 0.25) is 0 Å². The molecule has 1 N–H and O–H groups in total. The minimum absolute atomic E-state index is 0.0965. The van der Waals surface area contributed by atoms with E-state index in [1.807, 2.05) is 0 Å². The molecular formula is C40H31FO5. The van der Waals surface area contributed by atoms with Crippen LogP contribution in [0.1, 0.15) is 53.4 Å². The van der Waals surface area contributed by atoms with Gasteiger partial charge in [-0.3, -0.25) is 19.2 Å². The molecule has 1 aliphatic carbocycles. The van der Waals surface area contributed by atoms with Gasteiger partial charge < -0.3 is 5.11 Å². The van der Waals surface area contributed by atoms with Crippen LogP contribution in [0, 0.1) is 29.5 Å². The van der Waals surface area contributed by atoms with Gasteiger partial charge in [0.15, 0.2) is 23.1 Å². The van der Waals surface area contributed by atoms with E-state index in [9.17, 15) is 28.7 Å². The minimum atomic E-state index is -2.02. The van der Waals surface area contributed by atoms with E-state index in [4.69, 9.17) is 0 Å². The standard InChI is InChI=1S/C40H31FO5/c41-31-23-21-29(22-24-31)37(43)33-32(36(42)26-13-5-1-6-14-26)25-40(46,30-19-11-4-12-20-30)35(39(45)28-17-9-3-10-18-28)34(33)38(44)27-15-7-2-8-16-27/h1-24,32-35,46H,25H2/t32-,33-,34+,35+,40+/m1/s1. The zero-order chi connectivity index (χ0) is 32.3. The molecule has 1 aliphatic rings. The third kappa shape index (κ3) is 5.75. The number of halogens is 1. The van der Waals surface area contributed by atoms with Crippen LogP contribution in [0.3, 0.4) is 0 Å². The van der Waals surface area contributed by atoms with Gasteiger partial charge in [0.05, 0.1) is 5.92 Å². The van der Waals surface area contributed by atoms with Crippen molar-refractivity contribution >= 4 is 23.1 Å². The molecule has 6 rings (SSSR count). The molecule has 46 heavy (non-hydrogen) atoms. The largest absolute Gasteiger partial charge is 0.384 e. The van der Waals surface area contributed by atoms with Gasteiger partial charge in [-0.1, -0.05) is 121 Å². The van der Waals surface area contributed by atoms with Crippen LogP contribution in [0.25, 0.3) is 0 Å². The minimum Gasteiger partial charge on any atom is -0.384 e. The molecule has 0 aliphatic heterocycles. The first kappa shape index (κ1) is 30.7. The quantitative estimate of drug-likeness (QED) is 0.176. The van der Waals surface area contributed by atoms with Crippen molar-refractivity contribution in [3.05, 3.63) is 179 Å². The first-order valence-electron chi connectivity index (χ1n) is 15.1. The molecule has 0 saturated heterocycles. The predicted molar refractivity (Wildman–Crippen MR) is 172 cm³/mol. The molecule has 0 heterocycles. The number of ketones is 4. The molecule has 0 radical (unpaired) electrons. The highest BCUT2D eigenvalue weighted by Crippen LogP contribution is 2.53. The molecule has 0 bridgehead atoms. The summed E-state index contributed by atoms with van der Waals surface area (Å²) in [5.41, 5.74) is -0.767. The van der Waals surface area contributed by atoms with Crippen molar-refractivity contribution in [1.82, 2.24) is 0 Å². The maximum absolute atomic E-state index is 14.8. The van der Waals surface area contributed by atoms with Crippen LogP contribution in [0.5, 0.6) is 0 Å². The zero-order valence-corrected chi connectivity index (χ0v) is 24.8. The summed E-state index contributed by atoms with van der Waals surface area (Å²) < 4.78 is 14.0. The number of aliphatic hydroxyl groups is 1. The third-order valence-corrected chi connectivity index (χ3v) is 9.03.